The highest BCUT2D eigenvalue weighted by molar-refractivity contribution is 9.10. The number of nitrogens with one attached hydrogen (secondary N) is 1. The van der Waals surface area contributed by atoms with Crippen molar-refractivity contribution in [3.63, 3.8) is 0 Å². The third-order valence-electron chi connectivity index (χ3n) is 3.84. The molecular formula is C20H12BrFN2O2. The molecule has 1 aromatic heterocycles. The largest absolute Gasteiger partial charge is 0.436 e. The van der Waals surface area contributed by atoms with Gasteiger partial charge in [0.05, 0.1) is 5.56 Å². The van der Waals surface area contributed by atoms with Crippen molar-refractivity contribution in [1.82, 2.24) is 4.98 Å². The summed E-state index contributed by atoms with van der Waals surface area (Å²) in [4.78, 5) is 16.8. The number of nitrogens with zero attached hydrogens (tertiary/aromatic N) is 1. The second-order valence-corrected chi connectivity index (χ2v) is 6.50. The van der Waals surface area contributed by atoms with Crippen LogP contribution in [-0.4, -0.2) is 10.9 Å². The van der Waals surface area contributed by atoms with E-state index in [0.717, 1.165) is 0 Å². The molecule has 0 aliphatic carbocycles. The molecule has 1 heterocycles. The summed E-state index contributed by atoms with van der Waals surface area (Å²) in [6, 6.07) is 18.4. The molecule has 26 heavy (non-hydrogen) atoms. The monoisotopic (exact) mass is 410 g/mol. The molecule has 0 radical (unpaired) electrons. The summed E-state index contributed by atoms with van der Waals surface area (Å²) in [6.45, 7) is 0. The molecule has 1 N–H and O–H groups in total. The molecular weight excluding hydrogens is 399 g/mol. The van der Waals surface area contributed by atoms with Crippen LogP contribution in [0, 0.1) is 5.82 Å². The molecule has 3 aromatic carbocycles. The van der Waals surface area contributed by atoms with E-state index in [-0.39, 0.29) is 11.7 Å². The number of hydrogen-bond acceptors (Lipinski definition) is 3. The van der Waals surface area contributed by atoms with E-state index in [0.29, 0.717) is 38.3 Å². The van der Waals surface area contributed by atoms with Gasteiger partial charge in [-0.25, -0.2) is 9.37 Å². The van der Waals surface area contributed by atoms with Crippen LogP contribution in [0.15, 0.2) is 75.6 Å². The third-order valence-corrected chi connectivity index (χ3v) is 4.53. The molecule has 4 aromatic rings. The van der Waals surface area contributed by atoms with E-state index in [9.17, 15) is 9.18 Å². The van der Waals surface area contributed by atoms with Crippen LogP contribution in [0.3, 0.4) is 0 Å². The Bertz CT molecular complexity index is 1120. The standard InChI is InChI=1S/C20H12BrFN2O2/c21-16-7-2-1-6-15(16)19(25)23-14-8-9-18-17(11-14)24-20(26-18)12-4-3-5-13(22)10-12/h1-11H,(H,23,25). The molecule has 0 atom stereocenters. The molecule has 128 valence electrons. The summed E-state index contributed by atoms with van der Waals surface area (Å²) < 4.78 is 19.8. The Morgan fingerprint density at radius 1 is 1.04 bits per heavy atom. The first-order chi connectivity index (χ1) is 12.6. The first-order valence-corrected chi connectivity index (χ1v) is 8.62. The van der Waals surface area contributed by atoms with E-state index in [1.165, 1.54) is 12.1 Å². The maximum atomic E-state index is 13.4. The Labute approximate surface area is 156 Å². The van der Waals surface area contributed by atoms with Gasteiger partial charge in [-0.1, -0.05) is 18.2 Å². The Hall–Kier alpha value is -2.99. The van der Waals surface area contributed by atoms with Gasteiger partial charge < -0.3 is 9.73 Å². The number of carbonyl (C=O) groups is 1. The predicted octanol–water partition coefficient (Wildman–Crippen LogP) is 5.65. The highest BCUT2D eigenvalue weighted by atomic mass is 79.9. The van der Waals surface area contributed by atoms with Crippen molar-refractivity contribution in [2.24, 2.45) is 0 Å². The number of benzene rings is 3. The third kappa shape index (κ3) is 3.23. The smallest absolute Gasteiger partial charge is 0.256 e. The number of aromatic nitrogens is 1. The highest BCUT2D eigenvalue weighted by Crippen LogP contribution is 2.27. The van der Waals surface area contributed by atoms with E-state index < -0.39 is 0 Å². The molecule has 4 nitrogen and oxygen atoms in total. The second kappa shape index (κ2) is 6.72. The maximum Gasteiger partial charge on any atom is 0.256 e. The summed E-state index contributed by atoms with van der Waals surface area (Å²) in [5.74, 6) is -0.259. The number of fused-ring (bicyclic) bond motifs is 1. The second-order valence-electron chi connectivity index (χ2n) is 5.65. The normalized spacial score (nSPS) is 10.8. The zero-order chi connectivity index (χ0) is 18.1. The van der Waals surface area contributed by atoms with E-state index in [1.54, 1.807) is 48.5 Å². The zero-order valence-corrected chi connectivity index (χ0v) is 15.0. The summed E-state index contributed by atoms with van der Waals surface area (Å²) >= 11 is 3.37. The molecule has 0 fully saturated rings. The maximum absolute atomic E-state index is 13.4. The van der Waals surface area contributed by atoms with Crippen LogP contribution in [0.4, 0.5) is 10.1 Å². The Morgan fingerprint density at radius 3 is 2.69 bits per heavy atom. The zero-order valence-electron chi connectivity index (χ0n) is 13.4. The van der Waals surface area contributed by atoms with Crippen molar-refractivity contribution in [3.8, 4) is 11.5 Å². The van der Waals surface area contributed by atoms with Crippen LogP contribution >= 0.6 is 15.9 Å². The minimum Gasteiger partial charge on any atom is -0.436 e. The predicted molar refractivity (Wildman–Crippen MR) is 101 cm³/mol. The van der Waals surface area contributed by atoms with Crippen molar-refractivity contribution < 1.29 is 13.6 Å². The minimum absolute atomic E-state index is 0.231. The Kier molecular flexibility index (Phi) is 4.26. The van der Waals surface area contributed by atoms with Crippen LogP contribution in [0.1, 0.15) is 10.4 Å². The van der Waals surface area contributed by atoms with Crippen molar-refractivity contribution in [3.05, 3.63) is 82.6 Å². The number of halogens is 2. The molecule has 0 aliphatic heterocycles. The van der Waals surface area contributed by atoms with E-state index >= 15 is 0 Å². The lowest BCUT2D eigenvalue weighted by molar-refractivity contribution is 0.102. The molecule has 0 bridgehead atoms. The number of rotatable bonds is 3. The molecule has 0 spiro atoms. The number of oxazole rings is 1. The lowest BCUT2D eigenvalue weighted by Gasteiger charge is -2.06. The molecule has 4 rings (SSSR count). The molecule has 0 aliphatic rings. The van der Waals surface area contributed by atoms with E-state index in [1.807, 2.05) is 6.07 Å². The lowest BCUT2D eigenvalue weighted by atomic mass is 10.2. The minimum atomic E-state index is -0.355. The fourth-order valence-corrected chi connectivity index (χ4v) is 3.06. The summed E-state index contributed by atoms with van der Waals surface area (Å²) in [6.07, 6.45) is 0. The summed E-state index contributed by atoms with van der Waals surface area (Å²) in [5.41, 5.74) is 2.82. The Balaban J connectivity index is 1.64. The van der Waals surface area contributed by atoms with Gasteiger partial charge in [0.1, 0.15) is 11.3 Å². The van der Waals surface area contributed by atoms with Gasteiger partial charge in [-0.2, -0.15) is 0 Å². The van der Waals surface area contributed by atoms with Crippen molar-refractivity contribution in [2.75, 3.05) is 5.32 Å². The lowest BCUT2D eigenvalue weighted by Crippen LogP contribution is -2.12. The van der Waals surface area contributed by atoms with E-state index in [2.05, 4.69) is 26.2 Å². The number of hydrogen-bond donors (Lipinski definition) is 1. The fraction of sp³-hybridized carbons (Fsp3) is 0. The number of amides is 1. The molecule has 0 unspecified atom stereocenters. The Morgan fingerprint density at radius 2 is 1.88 bits per heavy atom. The van der Waals surface area contributed by atoms with Crippen molar-refractivity contribution >= 4 is 38.6 Å². The molecule has 1 amide bonds. The molecule has 0 saturated carbocycles. The SMILES string of the molecule is O=C(Nc1ccc2oc(-c3cccc(F)c3)nc2c1)c1ccccc1Br. The summed E-state index contributed by atoms with van der Waals surface area (Å²) in [7, 11) is 0. The topological polar surface area (TPSA) is 55.1 Å². The average Bonchev–Trinajstić information content (AvgIpc) is 3.05. The summed E-state index contributed by atoms with van der Waals surface area (Å²) in [5, 5.41) is 2.84. The number of anilines is 1. The van der Waals surface area contributed by atoms with Gasteiger partial charge in [0.15, 0.2) is 5.58 Å². The van der Waals surface area contributed by atoms with Gasteiger partial charge in [0.25, 0.3) is 5.91 Å². The van der Waals surface area contributed by atoms with Crippen molar-refractivity contribution in [2.45, 2.75) is 0 Å². The van der Waals surface area contributed by atoms with Crippen LogP contribution in [0.25, 0.3) is 22.6 Å². The van der Waals surface area contributed by atoms with Gasteiger partial charge in [0.2, 0.25) is 5.89 Å². The molecule has 6 heteroatoms. The highest BCUT2D eigenvalue weighted by Gasteiger charge is 2.12. The fourth-order valence-electron chi connectivity index (χ4n) is 2.59. The van der Waals surface area contributed by atoms with Gasteiger partial charge in [-0.15, -0.1) is 0 Å². The van der Waals surface area contributed by atoms with Gasteiger partial charge in [-0.3, -0.25) is 4.79 Å². The van der Waals surface area contributed by atoms with Crippen molar-refractivity contribution in [1.29, 1.82) is 0 Å². The van der Waals surface area contributed by atoms with Crippen LogP contribution in [-0.2, 0) is 0 Å². The first kappa shape index (κ1) is 16.5. The van der Waals surface area contributed by atoms with Crippen LogP contribution in [0.5, 0.6) is 0 Å². The quantitative estimate of drug-likeness (QED) is 0.474. The first-order valence-electron chi connectivity index (χ1n) is 7.82. The number of carbonyl (C=O) groups excluding carboxylic acids is 1. The van der Waals surface area contributed by atoms with Crippen LogP contribution in [0.2, 0.25) is 0 Å². The van der Waals surface area contributed by atoms with Gasteiger partial charge in [0, 0.05) is 15.7 Å². The molecule has 0 saturated heterocycles. The average molecular weight is 411 g/mol. The van der Waals surface area contributed by atoms with Gasteiger partial charge >= 0.3 is 0 Å². The van der Waals surface area contributed by atoms with Gasteiger partial charge in [-0.05, 0) is 64.5 Å². The van der Waals surface area contributed by atoms with Crippen LogP contribution < -0.4 is 5.32 Å². The van der Waals surface area contributed by atoms with E-state index in [4.69, 9.17) is 4.42 Å².